The van der Waals surface area contributed by atoms with Crippen LogP contribution in [0.3, 0.4) is 0 Å². The summed E-state index contributed by atoms with van der Waals surface area (Å²) in [5, 5.41) is 22.5. The molecule has 32 heavy (non-hydrogen) atoms. The maximum Gasteiger partial charge on any atom is 0.239 e. The number of hydrogen-bond donors (Lipinski definition) is 2. The number of guanidine groups is 1. The van der Waals surface area contributed by atoms with Gasteiger partial charge in [-0.05, 0) is 53.3 Å². The molecule has 4 rings (SSSR count). The summed E-state index contributed by atoms with van der Waals surface area (Å²) in [5.41, 5.74) is 1.27. The third kappa shape index (κ3) is 3.59. The van der Waals surface area contributed by atoms with E-state index in [2.05, 4.69) is 10.3 Å². The number of nitrogens with one attached hydrogen (secondary N) is 2. The molecule has 0 spiro atoms. The maximum absolute atomic E-state index is 14.0. The maximum atomic E-state index is 14.0. The second kappa shape index (κ2) is 8.05. The molecular formula is C23H20FN5O2S. The number of aromatic nitrogens is 1. The van der Waals surface area contributed by atoms with Crippen LogP contribution in [0.2, 0.25) is 0 Å². The van der Waals surface area contributed by atoms with Crippen LogP contribution >= 0.6 is 11.3 Å². The van der Waals surface area contributed by atoms with Gasteiger partial charge in [0, 0.05) is 24.2 Å². The van der Waals surface area contributed by atoms with Crippen molar-refractivity contribution < 1.29 is 13.9 Å². The Kier molecular flexibility index (Phi) is 5.40. The number of hydrogen-bond acceptors (Lipinski definition) is 6. The van der Waals surface area contributed by atoms with Crippen molar-refractivity contribution in [3.8, 4) is 23.1 Å². The molecule has 162 valence electrons. The van der Waals surface area contributed by atoms with Gasteiger partial charge in [-0.25, -0.2) is 9.37 Å². The summed E-state index contributed by atoms with van der Waals surface area (Å²) in [7, 11) is 3.07. The number of nitrogens with zero attached hydrogens (tertiary/aromatic N) is 3. The lowest BCUT2D eigenvalue weighted by Gasteiger charge is -2.45. The summed E-state index contributed by atoms with van der Waals surface area (Å²) in [6.07, 6.45) is 1.60. The standard InChI is InChI=1S/C23H20FN5O2S/c1-23(18-9-16(12-32-18)15-6-13(10-25)7-17(24)8-15)20(21(30)29(2)22(26)28-23)14-4-5-19(31-3)27-11-14/h4-9,11-12,20H,1-3H3,(H2,26,28)/t20?,23-/m1/s1. The Morgan fingerprint density at radius 2 is 2.09 bits per heavy atom. The zero-order chi connectivity index (χ0) is 23.0. The van der Waals surface area contributed by atoms with Crippen molar-refractivity contribution in [1.29, 1.82) is 10.7 Å². The van der Waals surface area contributed by atoms with Gasteiger partial charge in [-0.1, -0.05) is 6.07 Å². The third-order valence-electron chi connectivity index (χ3n) is 5.64. The highest BCUT2D eigenvalue weighted by Crippen LogP contribution is 2.44. The van der Waals surface area contributed by atoms with E-state index >= 15 is 0 Å². The Bertz CT molecular complexity index is 1250. The number of likely N-dealkylation sites (N-methyl/N-ethyl adjacent to an activating group) is 1. The van der Waals surface area contributed by atoms with Crippen molar-refractivity contribution in [2.75, 3.05) is 14.2 Å². The molecule has 2 N–H and O–H groups in total. The van der Waals surface area contributed by atoms with Crippen molar-refractivity contribution >= 4 is 23.2 Å². The lowest BCUT2D eigenvalue weighted by Crippen LogP contribution is -2.62. The quantitative estimate of drug-likeness (QED) is 0.630. The zero-order valence-corrected chi connectivity index (χ0v) is 18.5. The average Bonchev–Trinajstić information content (AvgIpc) is 3.29. The number of thiophene rings is 1. The number of methoxy groups -OCH3 is 1. The normalized spacial score (nSPS) is 20.6. The first-order valence-electron chi connectivity index (χ1n) is 9.71. The van der Waals surface area contributed by atoms with Crippen LogP contribution in [-0.4, -0.2) is 35.9 Å². The smallest absolute Gasteiger partial charge is 0.239 e. The Hall–Kier alpha value is -3.77. The van der Waals surface area contributed by atoms with Crippen molar-refractivity contribution in [3.63, 3.8) is 0 Å². The van der Waals surface area contributed by atoms with Crippen molar-refractivity contribution in [2.45, 2.75) is 18.4 Å². The summed E-state index contributed by atoms with van der Waals surface area (Å²) in [6.45, 7) is 1.86. The van der Waals surface area contributed by atoms with Gasteiger partial charge in [-0.2, -0.15) is 5.26 Å². The van der Waals surface area contributed by atoms with Gasteiger partial charge in [0.2, 0.25) is 11.8 Å². The minimum Gasteiger partial charge on any atom is -0.481 e. The summed E-state index contributed by atoms with van der Waals surface area (Å²) < 4.78 is 19.1. The molecule has 1 amide bonds. The first-order chi connectivity index (χ1) is 15.3. The van der Waals surface area contributed by atoms with E-state index in [0.29, 0.717) is 17.0 Å². The number of carbonyl (C=O) groups excluding carboxylic acids is 1. The molecule has 1 unspecified atom stereocenters. The molecule has 0 aliphatic carbocycles. The van der Waals surface area contributed by atoms with Gasteiger partial charge in [0.1, 0.15) is 5.82 Å². The largest absolute Gasteiger partial charge is 0.481 e. The molecule has 2 aromatic heterocycles. The topological polar surface area (TPSA) is 102 Å². The highest BCUT2D eigenvalue weighted by atomic mass is 32.1. The van der Waals surface area contributed by atoms with Gasteiger partial charge in [0.25, 0.3) is 0 Å². The third-order valence-corrected chi connectivity index (χ3v) is 6.81. The SMILES string of the molecule is COc1ccc(C2C(=O)N(C)C(=N)N[C@]2(C)c2cc(-c3cc(F)cc(C#N)c3)cs2)cn1. The van der Waals surface area contributed by atoms with Crippen LogP contribution in [0.1, 0.15) is 28.8 Å². The summed E-state index contributed by atoms with van der Waals surface area (Å²) >= 11 is 1.40. The lowest BCUT2D eigenvalue weighted by molar-refractivity contribution is -0.131. The number of amides is 1. The van der Waals surface area contributed by atoms with E-state index < -0.39 is 17.3 Å². The molecule has 0 saturated carbocycles. The van der Waals surface area contributed by atoms with Crippen LogP contribution in [-0.2, 0) is 10.3 Å². The van der Waals surface area contributed by atoms with Gasteiger partial charge in [0.15, 0.2) is 5.96 Å². The molecule has 7 nitrogen and oxygen atoms in total. The first kappa shape index (κ1) is 21.5. The van der Waals surface area contributed by atoms with E-state index in [4.69, 9.17) is 15.4 Å². The van der Waals surface area contributed by atoms with E-state index in [1.54, 1.807) is 31.4 Å². The predicted molar refractivity (Wildman–Crippen MR) is 119 cm³/mol. The molecule has 2 atom stereocenters. The van der Waals surface area contributed by atoms with Crippen LogP contribution < -0.4 is 10.1 Å². The molecule has 9 heteroatoms. The molecule has 1 aliphatic heterocycles. The van der Waals surface area contributed by atoms with E-state index in [1.807, 2.05) is 24.4 Å². The first-order valence-corrected chi connectivity index (χ1v) is 10.6. The van der Waals surface area contributed by atoms with E-state index in [0.717, 1.165) is 10.4 Å². The molecule has 1 fully saturated rings. The van der Waals surface area contributed by atoms with Crippen LogP contribution in [0.25, 0.3) is 11.1 Å². The lowest BCUT2D eigenvalue weighted by atomic mass is 9.77. The van der Waals surface area contributed by atoms with Crippen molar-refractivity contribution in [2.24, 2.45) is 0 Å². The van der Waals surface area contributed by atoms with Gasteiger partial charge in [-0.15, -0.1) is 11.3 Å². The number of nitriles is 1. The number of carbonyl (C=O) groups is 1. The Balaban J connectivity index is 1.80. The summed E-state index contributed by atoms with van der Waals surface area (Å²) in [6, 6.07) is 11.5. The number of benzene rings is 1. The summed E-state index contributed by atoms with van der Waals surface area (Å²) in [4.78, 5) is 19.6. The molecule has 3 aromatic rings. The van der Waals surface area contributed by atoms with Gasteiger partial charge in [-0.3, -0.25) is 15.1 Å². The number of halogens is 1. The fraction of sp³-hybridized carbons (Fsp3) is 0.217. The van der Waals surface area contributed by atoms with Gasteiger partial charge >= 0.3 is 0 Å². The van der Waals surface area contributed by atoms with Gasteiger partial charge < -0.3 is 10.1 Å². The number of rotatable bonds is 4. The summed E-state index contributed by atoms with van der Waals surface area (Å²) in [5.74, 6) is -0.966. The predicted octanol–water partition coefficient (Wildman–Crippen LogP) is 3.82. The average molecular weight is 450 g/mol. The fourth-order valence-electron chi connectivity index (χ4n) is 3.90. The highest BCUT2D eigenvalue weighted by molar-refractivity contribution is 7.10. The number of pyridine rings is 1. The molecule has 1 saturated heterocycles. The monoisotopic (exact) mass is 449 g/mol. The second-order valence-corrected chi connectivity index (χ2v) is 8.59. The van der Waals surface area contributed by atoms with Crippen LogP contribution in [0.5, 0.6) is 5.88 Å². The van der Waals surface area contributed by atoms with Gasteiger partial charge in [0.05, 0.1) is 30.2 Å². The molecule has 0 radical (unpaired) electrons. The van der Waals surface area contributed by atoms with Crippen molar-refractivity contribution in [1.82, 2.24) is 15.2 Å². The molecule has 1 aromatic carbocycles. The second-order valence-electron chi connectivity index (χ2n) is 7.68. The van der Waals surface area contributed by atoms with E-state index in [-0.39, 0.29) is 17.4 Å². The zero-order valence-electron chi connectivity index (χ0n) is 17.6. The van der Waals surface area contributed by atoms with Crippen molar-refractivity contribution in [3.05, 3.63) is 69.8 Å². The van der Waals surface area contributed by atoms with E-state index in [1.165, 1.54) is 35.5 Å². The number of ether oxygens (including phenoxy) is 1. The Morgan fingerprint density at radius 3 is 2.75 bits per heavy atom. The highest BCUT2D eigenvalue weighted by Gasteiger charge is 2.49. The molecule has 3 heterocycles. The molecule has 1 aliphatic rings. The molecular weight excluding hydrogens is 429 g/mol. The Labute approximate surface area is 188 Å². The van der Waals surface area contributed by atoms with E-state index in [9.17, 15) is 9.18 Å². The fourth-order valence-corrected chi connectivity index (χ4v) is 4.96. The molecule has 0 bridgehead atoms. The van der Waals surface area contributed by atoms with Crippen LogP contribution in [0, 0.1) is 22.6 Å². The minimum atomic E-state index is -0.939. The van der Waals surface area contributed by atoms with Crippen LogP contribution in [0.15, 0.2) is 48.0 Å². The minimum absolute atomic E-state index is 0.0114. The Morgan fingerprint density at radius 1 is 1.31 bits per heavy atom. The van der Waals surface area contributed by atoms with Crippen LogP contribution in [0.4, 0.5) is 4.39 Å².